The summed E-state index contributed by atoms with van der Waals surface area (Å²) in [7, 11) is -0.771. The van der Waals surface area contributed by atoms with Crippen molar-refractivity contribution in [3.8, 4) is 11.5 Å². The number of methoxy groups -OCH3 is 1. The van der Waals surface area contributed by atoms with Crippen molar-refractivity contribution < 1.29 is 41.2 Å². The molecule has 0 aliphatic heterocycles. The Morgan fingerprint density at radius 3 is 2.26 bits per heavy atom. The Bertz CT molecular complexity index is 1050. The van der Waals surface area contributed by atoms with Gasteiger partial charge in [-0.05, 0) is 24.3 Å². The first-order chi connectivity index (χ1) is 14.4. The predicted octanol–water partition coefficient (Wildman–Crippen LogP) is 5.85. The largest absolute Gasteiger partial charge is 0.480 e. The van der Waals surface area contributed by atoms with Crippen LogP contribution in [0.4, 0.5) is 18.9 Å². The van der Waals surface area contributed by atoms with Gasteiger partial charge in [0.2, 0.25) is 5.90 Å². The fraction of sp³-hybridized carbons (Fsp3) is 0.235. The minimum atomic E-state index is -4.59. The molecule has 0 saturated heterocycles. The zero-order valence-corrected chi connectivity index (χ0v) is 17.8. The number of hydrogen-bond acceptors (Lipinski definition) is 7. The van der Waals surface area contributed by atoms with Gasteiger partial charge in [0.15, 0.2) is 0 Å². The van der Waals surface area contributed by atoms with E-state index in [9.17, 15) is 27.9 Å². The maximum Gasteiger partial charge on any atom is 0.456 e. The fourth-order valence-corrected chi connectivity index (χ4v) is 3.21. The van der Waals surface area contributed by atoms with Crippen LogP contribution in [0.15, 0.2) is 41.2 Å². The van der Waals surface area contributed by atoms with Crippen LogP contribution < -0.4 is 4.74 Å². The monoisotopic (exact) mass is 482 g/mol. The van der Waals surface area contributed by atoms with Crippen molar-refractivity contribution in [1.82, 2.24) is 0 Å². The van der Waals surface area contributed by atoms with E-state index in [1.807, 2.05) is 0 Å². The molecule has 2 rings (SSSR count). The molecule has 0 radical (unpaired) electrons. The molecule has 0 N–H and O–H groups in total. The van der Waals surface area contributed by atoms with Gasteiger partial charge < -0.3 is 9.47 Å². The Labute approximate surface area is 179 Å². The molecule has 9 nitrogen and oxygen atoms in total. The summed E-state index contributed by atoms with van der Waals surface area (Å²) in [6, 6.07) is 5.80. The highest BCUT2D eigenvalue weighted by Crippen LogP contribution is 2.49. The van der Waals surface area contributed by atoms with E-state index in [0.29, 0.717) is 6.07 Å². The Hall–Kier alpha value is -2.66. The zero-order chi connectivity index (χ0) is 23.4. The highest BCUT2D eigenvalue weighted by molar-refractivity contribution is 7.52. The molecule has 31 heavy (non-hydrogen) atoms. The summed E-state index contributed by atoms with van der Waals surface area (Å²) in [6.45, 7) is 0. The molecule has 0 fully saturated rings. The number of benzene rings is 2. The van der Waals surface area contributed by atoms with Crippen LogP contribution >= 0.6 is 19.3 Å². The van der Waals surface area contributed by atoms with Gasteiger partial charge in [-0.25, -0.2) is 4.57 Å². The van der Waals surface area contributed by atoms with E-state index >= 15 is 0 Å². The van der Waals surface area contributed by atoms with Crippen molar-refractivity contribution >= 4 is 30.9 Å². The van der Waals surface area contributed by atoms with Crippen LogP contribution in [-0.2, 0) is 24.5 Å². The average molecular weight is 483 g/mol. The molecule has 168 valence electrons. The molecule has 0 aliphatic carbocycles. The minimum absolute atomic E-state index is 0.0447. The van der Waals surface area contributed by atoms with E-state index in [4.69, 9.17) is 21.1 Å². The smallest absolute Gasteiger partial charge is 0.456 e. The van der Waals surface area contributed by atoms with Crippen LogP contribution in [-0.4, -0.2) is 32.2 Å². The lowest BCUT2D eigenvalue weighted by Crippen LogP contribution is -2.08. The summed E-state index contributed by atoms with van der Waals surface area (Å²) in [4.78, 5) is 10.7. The molecule has 2 aromatic carbocycles. The SMILES string of the molecule is COC(=NP(=O)(OC)OC)c1cc(Oc2ccc(C(F)(F)F)cc2Cl)ccc1[N+](=O)[O-]. The minimum Gasteiger partial charge on any atom is -0.480 e. The molecule has 0 atom stereocenters. The lowest BCUT2D eigenvalue weighted by Gasteiger charge is -2.13. The Balaban J connectivity index is 2.52. The fourth-order valence-electron chi connectivity index (χ4n) is 2.27. The maximum absolute atomic E-state index is 12.8. The number of ether oxygens (including phenoxy) is 2. The van der Waals surface area contributed by atoms with E-state index in [-0.39, 0.29) is 22.1 Å². The molecule has 0 amide bonds. The van der Waals surface area contributed by atoms with E-state index in [1.165, 1.54) is 6.07 Å². The Morgan fingerprint density at radius 2 is 1.77 bits per heavy atom. The molecule has 2 aromatic rings. The number of alkyl halides is 3. The average Bonchev–Trinajstić information content (AvgIpc) is 2.72. The quantitative estimate of drug-likeness (QED) is 0.160. The first-order valence-corrected chi connectivity index (χ1v) is 10.0. The van der Waals surface area contributed by atoms with Crippen LogP contribution in [0.3, 0.4) is 0 Å². The predicted molar refractivity (Wildman–Crippen MR) is 105 cm³/mol. The first kappa shape index (κ1) is 24.6. The maximum atomic E-state index is 12.8. The number of halogens is 4. The van der Waals surface area contributed by atoms with E-state index in [1.54, 1.807) is 0 Å². The van der Waals surface area contributed by atoms with Crippen LogP contribution in [0.25, 0.3) is 0 Å². The van der Waals surface area contributed by atoms with Crippen molar-refractivity contribution in [2.75, 3.05) is 21.3 Å². The number of nitro groups is 1. The van der Waals surface area contributed by atoms with E-state index in [2.05, 4.69) is 13.8 Å². The van der Waals surface area contributed by atoms with Gasteiger partial charge in [-0.1, -0.05) is 11.6 Å². The van der Waals surface area contributed by atoms with Gasteiger partial charge in [-0.15, -0.1) is 4.76 Å². The van der Waals surface area contributed by atoms with Crippen LogP contribution in [0.1, 0.15) is 11.1 Å². The molecule has 0 unspecified atom stereocenters. The van der Waals surface area contributed by atoms with Crippen molar-refractivity contribution in [3.63, 3.8) is 0 Å². The Morgan fingerprint density at radius 1 is 1.13 bits per heavy atom. The second-order valence-corrected chi connectivity index (χ2v) is 7.90. The number of nitro benzene ring substituents is 1. The molecule has 0 aromatic heterocycles. The molecule has 0 aliphatic rings. The van der Waals surface area contributed by atoms with Gasteiger partial charge in [0.1, 0.15) is 17.1 Å². The van der Waals surface area contributed by atoms with E-state index < -0.39 is 36.0 Å². The first-order valence-electron chi connectivity index (χ1n) is 8.13. The zero-order valence-electron chi connectivity index (χ0n) is 16.2. The lowest BCUT2D eigenvalue weighted by atomic mass is 10.1. The third-order valence-corrected chi connectivity index (χ3v) is 5.40. The summed E-state index contributed by atoms with van der Waals surface area (Å²) in [5, 5.41) is 11.1. The van der Waals surface area contributed by atoms with Gasteiger partial charge in [0.25, 0.3) is 5.69 Å². The van der Waals surface area contributed by atoms with Gasteiger partial charge in [-0.2, -0.15) is 13.2 Å². The van der Waals surface area contributed by atoms with Gasteiger partial charge >= 0.3 is 13.9 Å². The second kappa shape index (κ2) is 9.65. The topological polar surface area (TPSA) is 109 Å². The van der Waals surface area contributed by atoms with Crippen LogP contribution in [0.5, 0.6) is 11.5 Å². The summed E-state index contributed by atoms with van der Waals surface area (Å²) in [6.07, 6.45) is -4.59. The molecule has 0 bridgehead atoms. The van der Waals surface area contributed by atoms with Crippen LogP contribution in [0.2, 0.25) is 5.02 Å². The third-order valence-electron chi connectivity index (χ3n) is 3.75. The van der Waals surface area contributed by atoms with Gasteiger partial charge in [0.05, 0.1) is 22.6 Å². The molecule has 14 heteroatoms. The summed E-state index contributed by atoms with van der Waals surface area (Å²) in [5.74, 6) is -0.635. The van der Waals surface area contributed by atoms with Gasteiger partial charge in [0, 0.05) is 26.4 Å². The Kier molecular flexibility index (Phi) is 7.66. The summed E-state index contributed by atoms with van der Waals surface area (Å²) >= 11 is 5.87. The highest BCUT2D eigenvalue weighted by atomic mass is 35.5. The lowest BCUT2D eigenvalue weighted by molar-refractivity contribution is -0.385. The van der Waals surface area contributed by atoms with Gasteiger partial charge in [-0.3, -0.25) is 19.2 Å². The molecule has 0 saturated carbocycles. The normalized spacial score (nSPS) is 12.5. The van der Waals surface area contributed by atoms with Crippen LogP contribution in [0, 0.1) is 10.1 Å². The van der Waals surface area contributed by atoms with Crippen molar-refractivity contribution in [2.24, 2.45) is 4.76 Å². The second-order valence-electron chi connectivity index (χ2n) is 5.62. The number of hydrogen-bond donors (Lipinski definition) is 0. The molecule has 0 spiro atoms. The summed E-state index contributed by atoms with van der Waals surface area (Å²) < 4.78 is 74.2. The molecular formula is C17H15ClF3N2O7P. The molecular weight excluding hydrogens is 468 g/mol. The summed E-state index contributed by atoms with van der Waals surface area (Å²) in [5.41, 5.74) is -1.70. The number of rotatable bonds is 7. The molecule has 0 heterocycles. The third kappa shape index (κ3) is 5.95. The van der Waals surface area contributed by atoms with Crippen molar-refractivity contribution in [3.05, 3.63) is 62.7 Å². The highest BCUT2D eigenvalue weighted by Gasteiger charge is 2.31. The standard InChI is InChI=1S/C17H15ClF3N2O7P/c1-27-16(22-31(26,28-2)29-3)12-9-11(5-6-14(12)23(24)25)30-15-7-4-10(8-13(15)18)17(19,20)21/h4-9H,1-3H3. The van der Waals surface area contributed by atoms with Crippen molar-refractivity contribution in [2.45, 2.75) is 6.18 Å². The van der Waals surface area contributed by atoms with E-state index in [0.717, 1.165) is 45.6 Å². The number of nitrogens with zero attached hydrogens (tertiary/aromatic N) is 2. The van der Waals surface area contributed by atoms with Crippen molar-refractivity contribution in [1.29, 1.82) is 0 Å².